The second-order valence-corrected chi connectivity index (χ2v) is 8.02. The van der Waals surface area contributed by atoms with Crippen molar-refractivity contribution in [3.8, 4) is 17.1 Å². The predicted molar refractivity (Wildman–Crippen MR) is 109 cm³/mol. The van der Waals surface area contributed by atoms with Gasteiger partial charge in [0.2, 0.25) is 17.6 Å². The third-order valence-electron chi connectivity index (χ3n) is 6.18. The zero-order chi connectivity index (χ0) is 20.7. The Hall–Kier alpha value is -2.91. The summed E-state index contributed by atoms with van der Waals surface area (Å²) >= 11 is 0. The summed E-state index contributed by atoms with van der Waals surface area (Å²) in [5, 5.41) is 12.7. The van der Waals surface area contributed by atoms with Crippen LogP contribution in [0.2, 0.25) is 0 Å². The topological polar surface area (TPSA) is 105 Å². The van der Waals surface area contributed by atoms with E-state index in [0.29, 0.717) is 24.2 Å². The molecule has 0 aliphatic carbocycles. The molecule has 4 heterocycles. The minimum Gasteiger partial charge on any atom is -0.497 e. The molecule has 158 valence electrons. The van der Waals surface area contributed by atoms with Crippen LogP contribution in [0.1, 0.15) is 30.2 Å². The molecule has 0 radical (unpaired) electrons. The lowest BCUT2D eigenvalue weighted by atomic mass is 9.92. The maximum Gasteiger partial charge on any atom is 0.247 e. The molecular formula is C21H26N6O3. The molecule has 1 aromatic heterocycles. The molecule has 2 saturated heterocycles. The summed E-state index contributed by atoms with van der Waals surface area (Å²) in [5.74, 6) is 2.03. The Kier molecular flexibility index (Phi) is 4.92. The van der Waals surface area contributed by atoms with Crippen LogP contribution in [0.3, 0.4) is 0 Å². The number of methoxy groups -OCH3 is 1. The number of piperidine rings is 1. The van der Waals surface area contributed by atoms with Gasteiger partial charge in [0.05, 0.1) is 13.0 Å². The van der Waals surface area contributed by atoms with E-state index in [1.54, 1.807) is 13.2 Å². The number of nitrogens with zero attached hydrogens (tertiary/aromatic N) is 3. The van der Waals surface area contributed by atoms with Crippen LogP contribution in [0.4, 0.5) is 0 Å². The van der Waals surface area contributed by atoms with E-state index >= 15 is 0 Å². The Bertz CT molecular complexity index is 981. The van der Waals surface area contributed by atoms with Crippen LogP contribution in [0.15, 0.2) is 34.5 Å². The number of aryl methyl sites for hydroxylation is 1. The first-order valence-corrected chi connectivity index (χ1v) is 10.4. The number of carbonyl (C=O) groups excluding carboxylic acids is 1. The lowest BCUT2D eigenvalue weighted by molar-refractivity contribution is -0.119. The van der Waals surface area contributed by atoms with Crippen molar-refractivity contribution in [2.75, 3.05) is 26.7 Å². The Morgan fingerprint density at radius 3 is 2.87 bits per heavy atom. The molecule has 1 aromatic carbocycles. The molecule has 9 heteroatoms. The van der Waals surface area contributed by atoms with Crippen molar-refractivity contribution in [2.24, 2.45) is 5.92 Å². The number of aromatic nitrogens is 2. The van der Waals surface area contributed by atoms with Crippen LogP contribution in [-0.4, -0.2) is 54.0 Å². The molecule has 30 heavy (non-hydrogen) atoms. The molecule has 2 unspecified atom stereocenters. The van der Waals surface area contributed by atoms with Crippen molar-refractivity contribution in [1.82, 2.24) is 31.2 Å². The Balaban J connectivity index is 1.39. The number of carbonyl (C=O) groups is 1. The van der Waals surface area contributed by atoms with Gasteiger partial charge in [-0.2, -0.15) is 4.98 Å². The zero-order valence-corrected chi connectivity index (χ0v) is 17.1. The quantitative estimate of drug-likeness (QED) is 0.693. The van der Waals surface area contributed by atoms with Gasteiger partial charge in [0, 0.05) is 29.8 Å². The number of hydrogen-bond donors (Lipinski definition) is 3. The van der Waals surface area contributed by atoms with E-state index in [1.165, 1.54) is 0 Å². The van der Waals surface area contributed by atoms with E-state index in [4.69, 9.17) is 9.26 Å². The molecule has 1 amide bonds. The fourth-order valence-corrected chi connectivity index (χ4v) is 4.56. The monoisotopic (exact) mass is 410 g/mol. The summed E-state index contributed by atoms with van der Waals surface area (Å²) < 4.78 is 10.9. The minimum absolute atomic E-state index is 0.0655. The zero-order valence-electron chi connectivity index (χ0n) is 17.1. The fraction of sp³-hybridized carbons (Fsp3) is 0.476. The highest BCUT2D eigenvalue weighted by Crippen LogP contribution is 2.35. The van der Waals surface area contributed by atoms with Gasteiger partial charge in [-0.15, -0.1) is 0 Å². The summed E-state index contributed by atoms with van der Waals surface area (Å²) in [6, 6.07) is 5.76. The molecule has 0 bridgehead atoms. The fourth-order valence-electron chi connectivity index (χ4n) is 4.56. The van der Waals surface area contributed by atoms with E-state index in [2.05, 4.69) is 31.2 Å². The molecule has 0 saturated carbocycles. The summed E-state index contributed by atoms with van der Waals surface area (Å²) in [5.41, 5.74) is 6.40. The van der Waals surface area contributed by atoms with Crippen molar-refractivity contribution in [2.45, 2.75) is 31.8 Å². The number of amides is 1. The van der Waals surface area contributed by atoms with E-state index in [9.17, 15) is 4.79 Å². The number of benzene rings is 1. The normalized spacial score (nSPS) is 24.4. The number of allylic oxidation sites excluding steroid dienone is 1. The van der Waals surface area contributed by atoms with Crippen molar-refractivity contribution in [3.63, 3.8) is 0 Å². The van der Waals surface area contributed by atoms with Crippen LogP contribution in [0.25, 0.3) is 11.4 Å². The minimum atomic E-state index is -0.238. The molecule has 3 N–H and O–H groups in total. The SMILES string of the molecule is COc1ccc(-c2noc(C3CNN4C(C5CCNCC5)=CC(=O)NC34)n2)c(C)c1. The molecular weight excluding hydrogens is 384 g/mol. The van der Waals surface area contributed by atoms with E-state index in [1.807, 2.05) is 25.1 Å². The number of rotatable bonds is 4. The largest absolute Gasteiger partial charge is 0.497 e. The highest BCUT2D eigenvalue weighted by Gasteiger charge is 2.44. The van der Waals surface area contributed by atoms with Crippen molar-refractivity contribution >= 4 is 5.91 Å². The number of ether oxygens (including phenoxy) is 1. The van der Waals surface area contributed by atoms with Gasteiger partial charge in [-0.25, -0.2) is 5.43 Å². The maximum absolute atomic E-state index is 12.4. The third-order valence-corrected chi connectivity index (χ3v) is 6.18. The average Bonchev–Trinajstić information content (AvgIpc) is 3.40. The number of fused-ring (bicyclic) bond motifs is 1. The summed E-state index contributed by atoms with van der Waals surface area (Å²) in [6.45, 7) is 4.56. The number of hydrazine groups is 1. The van der Waals surface area contributed by atoms with E-state index < -0.39 is 0 Å². The van der Waals surface area contributed by atoms with Crippen LogP contribution in [-0.2, 0) is 4.79 Å². The van der Waals surface area contributed by atoms with Crippen molar-refractivity contribution < 1.29 is 14.1 Å². The number of nitrogens with one attached hydrogen (secondary N) is 3. The van der Waals surface area contributed by atoms with Crippen LogP contribution >= 0.6 is 0 Å². The molecule has 2 fully saturated rings. The summed E-state index contributed by atoms with van der Waals surface area (Å²) in [7, 11) is 1.64. The van der Waals surface area contributed by atoms with Gasteiger partial charge in [-0.3, -0.25) is 9.80 Å². The second kappa shape index (κ2) is 7.73. The van der Waals surface area contributed by atoms with Crippen LogP contribution in [0, 0.1) is 12.8 Å². The van der Waals surface area contributed by atoms with Crippen molar-refractivity contribution in [3.05, 3.63) is 41.4 Å². The molecule has 0 spiro atoms. The molecule has 3 aliphatic rings. The lowest BCUT2D eigenvalue weighted by Gasteiger charge is -2.38. The highest BCUT2D eigenvalue weighted by atomic mass is 16.5. The standard InChI is InChI=1S/C21H26N6O3/c1-12-9-14(29-2)3-4-15(12)19-25-21(30-26-19)16-11-23-27-17(10-18(28)24-20(16)27)13-5-7-22-8-6-13/h3-4,9-10,13,16,20,22-23H,5-8,11H2,1-2H3,(H,24,28). The molecule has 2 aromatic rings. The Morgan fingerprint density at radius 1 is 1.27 bits per heavy atom. The first kappa shape index (κ1) is 19.1. The Labute approximate surface area is 174 Å². The molecule has 9 nitrogen and oxygen atoms in total. The molecule has 2 atom stereocenters. The first-order chi connectivity index (χ1) is 14.6. The van der Waals surface area contributed by atoms with Gasteiger partial charge in [-0.1, -0.05) is 5.16 Å². The number of hydrogen-bond acceptors (Lipinski definition) is 8. The van der Waals surface area contributed by atoms with Gasteiger partial charge in [0.1, 0.15) is 11.9 Å². The lowest BCUT2D eigenvalue weighted by Crippen LogP contribution is -2.53. The highest BCUT2D eigenvalue weighted by molar-refractivity contribution is 5.89. The third kappa shape index (κ3) is 3.33. The van der Waals surface area contributed by atoms with Gasteiger partial charge >= 0.3 is 0 Å². The Morgan fingerprint density at radius 2 is 2.10 bits per heavy atom. The molecule has 5 rings (SSSR count). The summed E-state index contributed by atoms with van der Waals surface area (Å²) in [4.78, 5) is 17.1. The van der Waals surface area contributed by atoms with Gasteiger partial charge < -0.3 is 19.9 Å². The average molecular weight is 410 g/mol. The van der Waals surface area contributed by atoms with E-state index in [-0.39, 0.29) is 18.0 Å². The van der Waals surface area contributed by atoms with Crippen LogP contribution < -0.4 is 20.8 Å². The van der Waals surface area contributed by atoms with Gasteiger partial charge in [0.15, 0.2) is 0 Å². The second-order valence-electron chi connectivity index (χ2n) is 8.02. The van der Waals surface area contributed by atoms with Crippen LogP contribution in [0.5, 0.6) is 5.75 Å². The predicted octanol–water partition coefficient (Wildman–Crippen LogP) is 1.30. The molecule has 3 aliphatic heterocycles. The van der Waals surface area contributed by atoms with Gasteiger partial charge in [-0.05, 0) is 56.6 Å². The van der Waals surface area contributed by atoms with Crippen molar-refractivity contribution in [1.29, 1.82) is 0 Å². The maximum atomic E-state index is 12.4. The smallest absolute Gasteiger partial charge is 0.247 e. The summed E-state index contributed by atoms with van der Waals surface area (Å²) in [6.07, 6.45) is 3.53. The van der Waals surface area contributed by atoms with Gasteiger partial charge in [0.25, 0.3) is 0 Å². The first-order valence-electron chi connectivity index (χ1n) is 10.4. The van der Waals surface area contributed by atoms with E-state index in [0.717, 1.165) is 48.5 Å².